The van der Waals surface area contributed by atoms with Crippen molar-refractivity contribution in [3.05, 3.63) is 0 Å². The fourth-order valence-electron chi connectivity index (χ4n) is 0.271. The van der Waals surface area contributed by atoms with E-state index >= 15 is 0 Å². The van der Waals surface area contributed by atoms with Crippen LogP contribution in [0.5, 0.6) is 0 Å². The first-order valence-electron chi connectivity index (χ1n) is 2.32. The van der Waals surface area contributed by atoms with Gasteiger partial charge in [-0.2, -0.15) is 0 Å². The van der Waals surface area contributed by atoms with Crippen LogP contribution in [0, 0.1) is 0 Å². The SMILES string of the molecule is CCOC(=O)C[C-]=O.[Co]. The molecule has 0 aromatic heterocycles. The summed E-state index contributed by atoms with van der Waals surface area (Å²) in [7, 11) is 0. The monoisotopic (exact) mass is 174 g/mol. The van der Waals surface area contributed by atoms with Crippen LogP contribution in [-0.4, -0.2) is 18.9 Å². The molecule has 0 atom stereocenters. The maximum absolute atomic E-state index is 10.2. The molecule has 0 fully saturated rings. The van der Waals surface area contributed by atoms with Gasteiger partial charge in [-0.25, -0.2) is 0 Å². The van der Waals surface area contributed by atoms with Gasteiger partial charge in [0.05, 0.1) is 6.61 Å². The van der Waals surface area contributed by atoms with E-state index in [0.717, 1.165) is 0 Å². The molecule has 0 saturated heterocycles. The van der Waals surface area contributed by atoms with Crippen LogP contribution < -0.4 is 0 Å². The minimum Gasteiger partial charge on any atom is -0.541 e. The van der Waals surface area contributed by atoms with Crippen molar-refractivity contribution in [1.82, 2.24) is 0 Å². The Hall–Kier alpha value is -0.354. The third-order valence-corrected chi connectivity index (χ3v) is 0.522. The van der Waals surface area contributed by atoms with Gasteiger partial charge in [-0.05, 0) is 6.92 Å². The fraction of sp³-hybridized carbons (Fsp3) is 0.600. The number of ether oxygens (including phenoxy) is 1. The van der Waals surface area contributed by atoms with E-state index in [1.807, 2.05) is 0 Å². The van der Waals surface area contributed by atoms with E-state index in [-0.39, 0.29) is 23.2 Å². The molecule has 0 aromatic rings. The summed E-state index contributed by atoms with van der Waals surface area (Å²) in [5.41, 5.74) is 0. The average molecular weight is 174 g/mol. The van der Waals surface area contributed by atoms with Crippen LogP contribution in [0.15, 0.2) is 0 Å². The topological polar surface area (TPSA) is 43.4 Å². The van der Waals surface area contributed by atoms with E-state index in [9.17, 15) is 9.59 Å². The molecular weight excluding hydrogens is 167 g/mol. The number of hydrogen-bond donors (Lipinski definition) is 0. The maximum Gasteiger partial charge on any atom is 0.278 e. The van der Waals surface area contributed by atoms with Gasteiger partial charge in [-0.15, -0.1) is 0 Å². The summed E-state index contributed by atoms with van der Waals surface area (Å²) in [6, 6.07) is 0. The second-order valence-corrected chi connectivity index (χ2v) is 1.13. The number of carbonyl (C=O) groups is 1. The largest absolute Gasteiger partial charge is 0.541 e. The minimum atomic E-state index is -0.512. The van der Waals surface area contributed by atoms with Gasteiger partial charge >= 0.3 is 0 Å². The van der Waals surface area contributed by atoms with Gasteiger partial charge in [0.2, 0.25) is 0 Å². The van der Waals surface area contributed by atoms with Gasteiger partial charge in [0.15, 0.2) is 0 Å². The summed E-state index contributed by atoms with van der Waals surface area (Å²) in [6.07, 6.45) is 1.17. The van der Waals surface area contributed by atoms with Crippen molar-refractivity contribution in [2.45, 2.75) is 13.3 Å². The molecule has 1 radical (unpaired) electrons. The minimum absolute atomic E-state index is 0. The second-order valence-electron chi connectivity index (χ2n) is 1.13. The molecule has 0 aliphatic carbocycles. The van der Waals surface area contributed by atoms with E-state index in [1.54, 1.807) is 6.92 Å². The predicted octanol–water partition coefficient (Wildman–Crippen LogP) is 0.0468. The Bertz CT molecular complexity index is 92.2. The van der Waals surface area contributed by atoms with Crippen molar-refractivity contribution in [2.24, 2.45) is 0 Å². The smallest absolute Gasteiger partial charge is 0.278 e. The Morgan fingerprint density at radius 1 is 1.67 bits per heavy atom. The zero-order valence-corrected chi connectivity index (χ0v) is 6.01. The average Bonchev–Trinajstić information content (AvgIpc) is 1.68. The second kappa shape index (κ2) is 7.65. The molecule has 0 amide bonds. The van der Waals surface area contributed by atoms with Crippen molar-refractivity contribution in [3.63, 3.8) is 0 Å². The molecule has 0 aliphatic rings. The number of carbonyl (C=O) groups excluding carboxylic acids is 2. The first kappa shape index (κ1) is 11.4. The molecule has 0 saturated carbocycles. The van der Waals surface area contributed by atoms with Gasteiger partial charge in [-0.1, -0.05) is 6.42 Å². The normalized spacial score (nSPS) is 7.22. The van der Waals surface area contributed by atoms with Crippen LogP contribution in [0.3, 0.4) is 0 Å². The van der Waals surface area contributed by atoms with E-state index in [0.29, 0.717) is 6.61 Å². The van der Waals surface area contributed by atoms with E-state index < -0.39 is 5.97 Å². The molecule has 0 aliphatic heterocycles. The Kier molecular flexibility index (Phi) is 9.72. The molecule has 0 N–H and O–H groups in total. The van der Waals surface area contributed by atoms with Crippen LogP contribution in [0.25, 0.3) is 0 Å². The Morgan fingerprint density at radius 3 is 2.56 bits per heavy atom. The zero-order chi connectivity index (χ0) is 6.41. The van der Waals surface area contributed by atoms with E-state index in [4.69, 9.17) is 0 Å². The number of hydrogen-bond acceptors (Lipinski definition) is 3. The van der Waals surface area contributed by atoms with Crippen molar-refractivity contribution in [2.75, 3.05) is 6.61 Å². The molecular formula is C5H7CoO3-. The van der Waals surface area contributed by atoms with Crippen molar-refractivity contribution >= 4 is 12.3 Å². The van der Waals surface area contributed by atoms with Crippen molar-refractivity contribution < 1.29 is 31.1 Å². The van der Waals surface area contributed by atoms with Crippen LogP contribution in [-0.2, 0) is 31.1 Å². The first-order valence-corrected chi connectivity index (χ1v) is 2.32. The van der Waals surface area contributed by atoms with Gasteiger partial charge in [0, 0.05) is 16.8 Å². The van der Waals surface area contributed by atoms with Crippen LogP contribution in [0.4, 0.5) is 0 Å². The molecule has 0 unspecified atom stereocenters. The number of rotatable bonds is 3. The summed E-state index contributed by atoms with van der Waals surface area (Å²) in [5, 5.41) is 0. The Labute approximate surface area is 64.0 Å². The molecule has 0 rings (SSSR count). The van der Waals surface area contributed by atoms with Crippen LogP contribution in [0.1, 0.15) is 13.3 Å². The fourth-order valence-corrected chi connectivity index (χ4v) is 0.271. The standard InChI is InChI=1S/C5H7O3.Co/c1-2-8-5(7)3-4-6;/h2-3H2,1H3;/q-1;. The zero-order valence-electron chi connectivity index (χ0n) is 4.97. The van der Waals surface area contributed by atoms with E-state index in [1.165, 1.54) is 6.29 Å². The molecule has 9 heavy (non-hydrogen) atoms. The quantitative estimate of drug-likeness (QED) is 0.345. The van der Waals surface area contributed by atoms with Crippen molar-refractivity contribution in [3.8, 4) is 0 Å². The molecule has 0 spiro atoms. The molecule has 0 heterocycles. The number of esters is 1. The van der Waals surface area contributed by atoms with Gasteiger partial charge in [-0.3, -0.25) is 11.1 Å². The third kappa shape index (κ3) is 7.65. The maximum atomic E-state index is 10.2. The molecule has 55 valence electrons. The molecule has 0 aromatic carbocycles. The molecule has 0 bridgehead atoms. The van der Waals surface area contributed by atoms with Gasteiger partial charge in [0.1, 0.15) is 0 Å². The summed E-state index contributed by atoms with van der Waals surface area (Å²) in [6.45, 7) is 2.00. The van der Waals surface area contributed by atoms with Gasteiger partial charge < -0.3 is 9.53 Å². The molecule has 3 nitrogen and oxygen atoms in total. The Balaban J connectivity index is 0. The van der Waals surface area contributed by atoms with Crippen LogP contribution >= 0.6 is 0 Å². The summed E-state index contributed by atoms with van der Waals surface area (Å²) in [5.74, 6) is -0.512. The van der Waals surface area contributed by atoms with Crippen molar-refractivity contribution in [1.29, 1.82) is 0 Å². The third-order valence-electron chi connectivity index (χ3n) is 0.522. The Morgan fingerprint density at radius 2 is 2.22 bits per heavy atom. The van der Waals surface area contributed by atoms with E-state index in [2.05, 4.69) is 4.74 Å². The summed E-state index contributed by atoms with van der Waals surface area (Å²) in [4.78, 5) is 19.6. The van der Waals surface area contributed by atoms with Gasteiger partial charge in [0.25, 0.3) is 5.97 Å². The summed E-state index contributed by atoms with van der Waals surface area (Å²) < 4.78 is 4.38. The van der Waals surface area contributed by atoms with Crippen LogP contribution in [0.2, 0.25) is 0 Å². The summed E-state index contributed by atoms with van der Waals surface area (Å²) >= 11 is 0. The predicted molar refractivity (Wildman–Crippen MR) is 26.9 cm³/mol. The first-order chi connectivity index (χ1) is 3.81. The molecule has 4 heteroatoms.